The van der Waals surface area contributed by atoms with Crippen LogP contribution in [0.25, 0.3) is 22.4 Å². The first-order valence-corrected chi connectivity index (χ1v) is 17.7. The van der Waals surface area contributed by atoms with Gasteiger partial charge in [-0.25, -0.2) is 13.4 Å². The first-order chi connectivity index (χ1) is 22.1. The Morgan fingerprint density at radius 2 is 1.67 bits per heavy atom. The highest BCUT2D eigenvalue weighted by atomic mass is 32.2. The van der Waals surface area contributed by atoms with Crippen molar-refractivity contribution < 1.29 is 22.7 Å². The maximum atomic E-state index is 13.1. The molecule has 1 heterocycles. The van der Waals surface area contributed by atoms with Crippen molar-refractivity contribution in [1.29, 1.82) is 0 Å². The van der Waals surface area contributed by atoms with Gasteiger partial charge in [-0.3, -0.25) is 9.59 Å². The standard InChI is InChI=1S/C35H43N5O5S/c1-39(2)21-7-20-36-33(41)24-45-29-15-12-26(13-16-29)34-38-31-22-27(14-19-32(31)40(34)28-8-5-4-6-9-28)35(42)37-23-25-10-17-30(18-11-25)46(3,43)44/h10-19,22,28H,4-9,20-21,23-24H2,1-3H3,(H,36,41)(H,37,42). The van der Waals surface area contributed by atoms with Gasteiger partial charge in [0.25, 0.3) is 11.8 Å². The zero-order chi connectivity index (χ0) is 32.7. The van der Waals surface area contributed by atoms with Crippen molar-refractivity contribution in [3.8, 4) is 17.1 Å². The summed E-state index contributed by atoms with van der Waals surface area (Å²) >= 11 is 0. The minimum atomic E-state index is -3.28. The number of nitrogens with one attached hydrogen (secondary N) is 2. The highest BCUT2D eigenvalue weighted by Crippen LogP contribution is 2.36. The Bertz CT molecular complexity index is 1760. The fraction of sp³-hybridized carbons (Fsp3) is 0.400. The highest BCUT2D eigenvalue weighted by molar-refractivity contribution is 7.90. The van der Waals surface area contributed by atoms with Gasteiger partial charge in [-0.05, 0) is 100 Å². The number of sulfone groups is 1. The van der Waals surface area contributed by atoms with Crippen LogP contribution in [0, 0.1) is 0 Å². The average molecular weight is 646 g/mol. The fourth-order valence-corrected chi connectivity index (χ4v) is 6.45. The number of benzene rings is 3. The Morgan fingerprint density at radius 3 is 2.35 bits per heavy atom. The Balaban J connectivity index is 1.30. The van der Waals surface area contributed by atoms with E-state index in [-0.39, 0.29) is 29.9 Å². The quantitative estimate of drug-likeness (QED) is 0.197. The van der Waals surface area contributed by atoms with Crippen molar-refractivity contribution in [3.05, 3.63) is 77.9 Å². The predicted molar refractivity (Wildman–Crippen MR) is 180 cm³/mol. The number of hydrogen-bond acceptors (Lipinski definition) is 7. The molecule has 1 aliphatic rings. The molecule has 0 atom stereocenters. The molecule has 5 rings (SSSR count). The van der Waals surface area contributed by atoms with Crippen molar-refractivity contribution in [3.63, 3.8) is 0 Å². The van der Waals surface area contributed by atoms with E-state index in [1.165, 1.54) is 25.5 Å². The molecule has 1 fully saturated rings. The molecular weight excluding hydrogens is 602 g/mol. The molecule has 2 amide bonds. The summed E-state index contributed by atoms with van der Waals surface area (Å²) in [7, 11) is 0.733. The molecule has 1 aromatic heterocycles. The van der Waals surface area contributed by atoms with E-state index in [2.05, 4.69) is 20.1 Å². The van der Waals surface area contributed by atoms with Crippen molar-refractivity contribution in [1.82, 2.24) is 25.1 Å². The highest BCUT2D eigenvalue weighted by Gasteiger charge is 2.23. The number of carbonyl (C=O) groups excluding carboxylic acids is 2. The molecule has 4 aromatic rings. The third-order valence-electron chi connectivity index (χ3n) is 8.28. The smallest absolute Gasteiger partial charge is 0.257 e. The van der Waals surface area contributed by atoms with E-state index in [4.69, 9.17) is 9.72 Å². The fourth-order valence-electron chi connectivity index (χ4n) is 5.81. The van der Waals surface area contributed by atoms with Crippen LogP contribution >= 0.6 is 0 Å². The molecule has 46 heavy (non-hydrogen) atoms. The van der Waals surface area contributed by atoms with Gasteiger partial charge in [-0.15, -0.1) is 0 Å². The average Bonchev–Trinajstić information content (AvgIpc) is 3.44. The van der Waals surface area contributed by atoms with E-state index >= 15 is 0 Å². The molecule has 3 aromatic carbocycles. The van der Waals surface area contributed by atoms with E-state index in [0.717, 1.165) is 53.8 Å². The summed E-state index contributed by atoms with van der Waals surface area (Å²) in [6.45, 7) is 1.75. The molecular formula is C35H43N5O5S. The number of hydrogen-bond donors (Lipinski definition) is 2. The second-order valence-electron chi connectivity index (χ2n) is 12.2. The molecule has 0 unspecified atom stereocenters. The van der Waals surface area contributed by atoms with Crippen LogP contribution in [0.5, 0.6) is 5.75 Å². The second-order valence-corrected chi connectivity index (χ2v) is 14.2. The molecule has 1 aliphatic carbocycles. The van der Waals surface area contributed by atoms with Gasteiger partial charge in [-0.1, -0.05) is 31.4 Å². The zero-order valence-corrected chi connectivity index (χ0v) is 27.6. The topological polar surface area (TPSA) is 123 Å². The van der Waals surface area contributed by atoms with Crippen LogP contribution in [0.4, 0.5) is 0 Å². The lowest BCUT2D eigenvalue weighted by Gasteiger charge is -2.25. The van der Waals surface area contributed by atoms with Gasteiger partial charge in [0.15, 0.2) is 16.4 Å². The Labute approximate surface area is 271 Å². The van der Waals surface area contributed by atoms with Gasteiger partial charge in [0.05, 0.1) is 15.9 Å². The lowest BCUT2D eigenvalue weighted by atomic mass is 9.94. The number of amides is 2. The minimum absolute atomic E-state index is 0.0430. The van der Waals surface area contributed by atoms with E-state index in [0.29, 0.717) is 23.9 Å². The summed E-state index contributed by atoms with van der Waals surface area (Å²) in [5.41, 5.74) is 3.98. The Hall–Kier alpha value is -4.22. The third-order valence-corrected chi connectivity index (χ3v) is 9.41. The summed E-state index contributed by atoms with van der Waals surface area (Å²) < 4.78 is 31.5. The molecule has 0 spiro atoms. The molecule has 0 bridgehead atoms. The third kappa shape index (κ3) is 8.52. The molecule has 1 saturated carbocycles. The van der Waals surface area contributed by atoms with E-state index in [1.807, 2.05) is 56.6 Å². The number of fused-ring (bicyclic) bond motifs is 1. The van der Waals surface area contributed by atoms with Crippen molar-refractivity contribution in [2.45, 2.75) is 56.0 Å². The van der Waals surface area contributed by atoms with Crippen molar-refractivity contribution in [2.75, 3.05) is 40.0 Å². The molecule has 10 nitrogen and oxygen atoms in total. The summed E-state index contributed by atoms with van der Waals surface area (Å²) in [5, 5.41) is 5.82. The van der Waals surface area contributed by atoms with Crippen LogP contribution in [-0.4, -0.2) is 74.7 Å². The van der Waals surface area contributed by atoms with E-state index in [1.54, 1.807) is 24.3 Å². The largest absolute Gasteiger partial charge is 0.484 e. The van der Waals surface area contributed by atoms with Crippen LogP contribution in [-0.2, 0) is 21.2 Å². The molecule has 0 radical (unpaired) electrons. The number of nitrogens with zero attached hydrogens (tertiary/aromatic N) is 3. The molecule has 0 aliphatic heterocycles. The lowest BCUT2D eigenvalue weighted by Crippen LogP contribution is -2.31. The SMILES string of the molecule is CN(C)CCCNC(=O)COc1ccc(-c2nc3cc(C(=O)NCc4ccc(S(C)(=O)=O)cc4)ccc3n2C2CCCCC2)cc1. The molecule has 2 N–H and O–H groups in total. The Morgan fingerprint density at radius 1 is 0.957 bits per heavy atom. The van der Waals surface area contributed by atoms with E-state index in [9.17, 15) is 18.0 Å². The van der Waals surface area contributed by atoms with Crippen LogP contribution in [0.15, 0.2) is 71.6 Å². The Kier molecular flexibility index (Phi) is 10.7. The van der Waals surface area contributed by atoms with Crippen molar-refractivity contribution in [2.24, 2.45) is 0 Å². The molecule has 244 valence electrons. The zero-order valence-electron chi connectivity index (χ0n) is 26.8. The van der Waals surface area contributed by atoms with Gasteiger partial charge < -0.3 is 24.8 Å². The maximum Gasteiger partial charge on any atom is 0.257 e. The normalized spacial score (nSPS) is 14.0. The van der Waals surface area contributed by atoms with Gasteiger partial charge in [0, 0.05) is 36.5 Å². The van der Waals surface area contributed by atoms with Crippen LogP contribution in [0.2, 0.25) is 0 Å². The van der Waals surface area contributed by atoms with Crippen LogP contribution in [0.1, 0.15) is 60.5 Å². The summed E-state index contributed by atoms with van der Waals surface area (Å²) in [5.74, 6) is 1.07. The number of rotatable bonds is 13. The number of carbonyl (C=O) groups is 2. The monoisotopic (exact) mass is 645 g/mol. The van der Waals surface area contributed by atoms with Gasteiger partial charge in [0.1, 0.15) is 11.6 Å². The summed E-state index contributed by atoms with van der Waals surface area (Å²) in [6, 6.07) is 20.1. The van der Waals surface area contributed by atoms with Gasteiger partial charge in [-0.2, -0.15) is 0 Å². The lowest BCUT2D eigenvalue weighted by molar-refractivity contribution is -0.123. The first-order valence-electron chi connectivity index (χ1n) is 15.8. The number of ether oxygens (including phenoxy) is 1. The van der Waals surface area contributed by atoms with Gasteiger partial charge in [0.2, 0.25) is 0 Å². The predicted octanol–water partition coefficient (Wildman–Crippen LogP) is 4.99. The first kappa shape index (κ1) is 33.2. The molecule has 0 saturated heterocycles. The van der Waals surface area contributed by atoms with Crippen LogP contribution in [0.3, 0.4) is 0 Å². The van der Waals surface area contributed by atoms with Crippen molar-refractivity contribution >= 4 is 32.7 Å². The van der Waals surface area contributed by atoms with Crippen LogP contribution < -0.4 is 15.4 Å². The van der Waals surface area contributed by atoms with Gasteiger partial charge >= 0.3 is 0 Å². The second kappa shape index (κ2) is 14.9. The molecule has 11 heteroatoms. The maximum absolute atomic E-state index is 13.1. The van der Waals surface area contributed by atoms with E-state index < -0.39 is 9.84 Å². The number of aromatic nitrogens is 2. The number of imidazole rings is 1. The summed E-state index contributed by atoms with van der Waals surface area (Å²) in [6.07, 6.45) is 7.76. The summed E-state index contributed by atoms with van der Waals surface area (Å²) in [4.78, 5) is 32.7. The minimum Gasteiger partial charge on any atom is -0.484 e.